The molecule has 0 radical (unpaired) electrons. The number of aromatic nitrogens is 8. The van der Waals surface area contributed by atoms with Crippen LogP contribution in [0.3, 0.4) is 0 Å². The van der Waals surface area contributed by atoms with E-state index in [2.05, 4.69) is 68.9 Å². The second-order valence-corrected chi connectivity index (χ2v) is 24.5. The Balaban J connectivity index is 0.000000253. The van der Waals surface area contributed by atoms with E-state index >= 15 is 0 Å². The summed E-state index contributed by atoms with van der Waals surface area (Å²) in [5.41, 5.74) is 17.2. The van der Waals surface area contributed by atoms with Crippen LogP contribution in [0.2, 0.25) is 10.3 Å². The molecular formula is C83H96Cl3N11O18. The van der Waals surface area contributed by atoms with Crippen LogP contribution in [0.5, 0.6) is 46.0 Å². The second-order valence-electron chi connectivity index (χ2n) is 23.8. The van der Waals surface area contributed by atoms with E-state index in [0.717, 1.165) is 33.3 Å². The van der Waals surface area contributed by atoms with Gasteiger partial charge in [-0.3, -0.25) is 4.79 Å². The van der Waals surface area contributed by atoms with Gasteiger partial charge in [0, 0.05) is 131 Å². The summed E-state index contributed by atoms with van der Waals surface area (Å²) in [7, 11) is 12.9. The number of methoxy groups -OCH3 is 8. The fourth-order valence-electron chi connectivity index (χ4n) is 9.38. The number of nitrogens with zero attached hydrogens (tertiary/aromatic N) is 7. The first kappa shape index (κ1) is 94.3. The molecule has 29 nitrogen and oxygen atoms in total. The fourth-order valence-corrected chi connectivity index (χ4v) is 9.77. The SMILES string of the molecule is C#Cc1cccc(N)c1.C#Cc1cccc(Nc2ncnc3cc(OCCOC)c(OCCOC)cc23)c1.CC(C)(O)C#Cc1cccc(N)c1.COCCOc1cc2nc[nH]c(=O)c2cc1OCCOC.COCCOc1cc2ncnc(Cl)c2cc1OCCOC.COCCOc1cc2ncnc(Cl)c2cc1OCCOC.Cl. The molecule has 4 aromatic heterocycles. The number of aliphatic hydroxyl groups is 1. The van der Waals surface area contributed by atoms with Crippen LogP contribution < -0.4 is 60.2 Å². The lowest BCUT2D eigenvalue weighted by Crippen LogP contribution is -2.14. The Kier molecular flexibility index (Phi) is 43.4. The van der Waals surface area contributed by atoms with Crippen LogP contribution in [0.25, 0.3) is 43.6 Å². The van der Waals surface area contributed by atoms with Gasteiger partial charge in [0.25, 0.3) is 5.56 Å². The summed E-state index contributed by atoms with van der Waals surface area (Å²) in [5.74, 6) is 15.8. The van der Waals surface area contributed by atoms with Gasteiger partial charge in [-0.15, -0.1) is 25.3 Å². The van der Waals surface area contributed by atoms with Gasteiger partial charge in [-0.05, 0) is 92.7 Å². The monoisotopic (exact) mass is 1640 g/mol. The minimum atomic E-state index is -0.954. The molecule has 0 saturated heterocycles. The largest absolute Gasteiger partial charge is 0.487 e. The van der Waals surface area contributed by atoms with E-state index in [0.29, 0.717) is 212 Å². The number of nitrogen functional groups attached to an aromatic ring is 2. The summed E-state index contributed by atoms with van der Waals surface area (Å²) < 4.78 is 85.5. The Morgan fingerprint density at radius 1 is 0.409 bits per heavy atom. The predicted molar refractivity (Wildman–Crippen MR) is 448 cm³/mol. The van der Waals surface area contributed by atoms with Crippen molar-refractivity contribution in [1.29, 1.82) is 0 Å². The quantitative estimate of drug-likeness (QED) is 0.0108. The first-order chi connectivity index (χ1) is 55.3. The zero-order valence-electron chi connectivity index (χ0n) is 65.7. The number of hydrogen-bond acceptors (Lipinski definition) is 28. The lowest BCUT2D eigenvalue weighted by molar-refractivity contribution is 0.132. The number of anilines is 4. The number of nitrogens with one attached hydrogen (secondary N) is 2. The summed E-state index contributed by atoms with van der Waals surface area (Å²) in [6.07, 6.45) is 16.3. The van der Waals surface area contributed by atoms with Gasteiger partial charge in [-0.2, -0.15) is 0 Å². The van der Waals surface area contributed by atoms with Crippen molar-refractivity contribution in [3.8, 4) is 82.5 Å². The van der Waals surface area contributed by atoms with E-state index in [-0.39, 0.29) is 18.0 Å². The van der Waals surface area contributed by atoms with E-state index in [4.69, 9.17) is 123 Å². The minimum Gasteiger partial charge on any atom is -0.487 e. The van der Waals surface area contributed by atoms with Crippen LogP contribution in [0, 0.1) is 36.5 Å². The zero-order chi connectivity index (χ0) is 82.3. The fraction of sp³-hybridized carbons (Fsp3) is 0.325. The van der Waals surface area contributed by atoms with Crippen molar-refractivity contribution in [2.75, 3.05) is 179 Å². The van der Waals surface area contributed by atoms with Gasteiger partial charge < -0.3 is 103 Å². The topological polar surface area (TPSA) is 355 Å². The standard InChI is InChI=1S/C22H23N3O4.2C14H17ClN2O4.C14H18N2O5.C11H13NO.C8H7N.ClH/c1-4-16-6-5-7-17(12-16)25-22-18-13-20(28-10-8-26-2)21(29-11-9-27-3)14-19(18)23-15-24-22;2*1-18-3-5-20-12-7-10-11(16-9-17-14(10)15)8-13(12)21-6-4-19-2;1-18-3-5-20-12-7-10-11(15-9-16-14(10)17)8-13(12)21-6-4-19-2;1-11(2,13)7-6-9-4-3-5-10(12)8-9;1-2-7-4-3-5-8(9)6-7;/h1,5-7,12-15H,8-11H2,2-3H3,(H,23,24,25);2*7-9H,3-6H2,1-2H3;7-9H,3-6H2,1-2H3,(H,15,16,17);3-5,8,13H,12H2,1-2H3;1,3-6H,9H2;1H. The zero-order valence-corrected chi connectivity index (χ0v) is 68.0. The van der Waals surface area contributed by atoms with E-state index < -0.39 is 5.60 Å². The Hall–Kier alpha value is -11.3. The molecule has 0 amide bonds. The number of halogens is 3. The Labute approximate surface area is 684 Å². The number of fused-ring (bicyclic) bond motifs is 4. The van der Waals surface area contributed by atoms with Crippen LogP contribution in [-0.2, 0) is 37.9 Å². The number of H-pyrrole nitrogens is 1. The van der Waals surface area contributed by atoms with E-state index in [1.165, 1.54) is 25.3 Å². The summed E-state index contributed by atoms with van der Waals surface area (Å²) in [5, 5.41) is 16.1. The number of hydrogen-bond donors (Lipinski definition) is 5. The summed E-state index contributed by atoms with van der Waals surface area (Å²) in [6.45, 7) is 10.3. The lowest BCUT2D eigenvalue weighted by atomic mass is 10.1. The third-order valence-electron chi connectivity index (χ3n) is 14.8. The Morgan fingerprint density at radius 3 is 1.08 bits per heavy atom. The summed E-state index contributed by atoms with van der Waals surface area (Å²) in [6, 6.07) is 36.2. The van der Waals surface area contributed by atoms with Crippen molar-refractivity contribution in [3.05, 3.63) is 184 Å². The summed E-state index contributed by atoms with van der Waals surface area (Å²) in [4.78, 5) is 43.5. The van der Waals surface area contributed by atoms with Crippen LogP contribution in [0.4, 0.5) is 22.9 Å². The maximum Gasteiger partial charge on any atom is 0.258 e. The van der Waals surface area contributed by atoms with Crippen molar-refractivity contribution >= 4 is 102 Å². The molecule has 0 atom stereocenters. The highest BCUT2D eigenvalue weighted by Gasteiger charge is 2.17. The molecule has 0 unspecified atom stereocenters. The molecule has 0 fully saturated rings. The average molecular weight is 1640 g/mol. The molecular weight excluding hydrogens is 1550 g/mol. The number of rotatable bonds is 34. The van der Waals surface area contributed by atoms with Gasteiger partial charge in [-0.1, -0.05) is 65.1 Å². The number of terminal acetylenes is 2. The van der Waals surface area contributed by atoms with E-state index in [9.17, 15) is 9.90 Å². The molecule has 0 spiro atoms. The molecule has 7 aromatic carbocycles. The van der Waals surface area contributed by atoms with Gasteiger partial charge in [0.1, 0.15) is 93.6 Å². The molecule has 0 bridgehead atoms. The number of benzene rings is 7. The smallest absolute Gasteiger partial charge is 0.258 e. The summed E-state index contributed by atoms with van der Waals surface area (Å²) >= 11 is 12.2. The van der Waals surface area contributed by atoms with Crippen LogP contribution >= 0.6 is 35.6 Å². The third-order valence-corrected chi connectivity index (χ3v) is 15.4. The first-order valence-corrected chi connectivity index (χ1v) is 36.0. The molecule has 7 N–H and O–H groups in total. The molecule has 0 aliphatic carbocycles. The van der Waals surface area contributed by atoms with Gasteiger partial charge in [0.2, 0.25) is 0 Å². The molecule has 612 valence electrons. The van der Waals surface area contributed by atoms with Crippen molar-refractivity contribution in [2.24, 2.45) is 0 Å². The van der Waals surface area contributed by atoms with Gasteiger partial charge in [-0.25, -0.2) is 34.9 Å². The van der Waals surface area contributed by atoms with Crippen LogP contribution in [0.15, 0.2) is 151 Å². The first-order valence-electron chi connectivity index (χ1n) is 35.2. The number of nitrogens with two attached hydrogens (primary N) is 2. The number of aromatic amines is 1. The van der Waals surface area contributed by atoms with Gasteiger partial charge in [0.15, 0.2) is 46.0 Å². The highest BCUT2D eigenvalue weighted by molar-refractivity contribution is 6.34. The lowest BCUT2D eigenvalue weighted by Gasteiger charge is -2.15. The second kappa shape index (κ2) is 52.9. The maximum absolute atomic E-state index is 11.8. The van der Waals surface area contributed by atoms with Crippen molar-refractivity contribution in [2.45, 2.75) is 19.4 Å². The molecule has 0 saturated carbocycles. The van der Waals surface area contributed by atoms with E-state index in [1.807, 2.05) is 60.7 Å². The molecule has 11 rings (SSSR count). The van der Waals surface area contributed by atoms with Crippen molar-refractivity contribution in [3.63, 3.8) is 0 Å². The maximum atomic E-state index is 11.8. The van der Waals surface area contributed by atoms with Crippen molar-refractivity contribution < 1.29 is 80.9 Å². The van der Waals surface area contributed by atoms with Crippen molar-refractivity contribution in [1.82, 2.24) is 39.9 Å². The average Bonchev–Trinajstić information content (AvgIpc) is 0.800. The Bertz CT molecular complexity index is 4880. The molecule has 4 heterocycles. The highest BCUT2D eigenvalue weighted by atomic mass is 35.5. The third kappa shape index (κ3) is 33.3. The predicted octanol–water partition coefficient (Wildman–Crippen LogP) is 12.1. The molecule has 0 aliphatic rings. The van der Waals surface area contributed by atoms with Crippen LogP contribution in [-0.4, -0.2) is 213 Å². The molecule has 11 aromatic rings. The Morgan fingerprint density at radius 2 is 0.722 bits per heavy atom. The van der Waals surface area contributed by atoms with Gasteiger partial charge in [0.05, 0.1) is 86.6 Å². The van der Waals surface area contributed by atoms with E-state index in [1.54, 1.807) is 131 Å². The van der Waals surface area contributed by atoms with Gasteiger partial charge >= 0.3 is 0 Å². The normalized spacial score (nSPS) is 10.4. The minimum absolute atomic E-state index is 0. The molecule has 115 heavy (non-hydrogen) atoms. The highest BCUT2D eigenvalue weighted by Crippen LogP contribution is 2.38. The molecule has 32 heteroatoms. The molecule has 0 aliphatic heterocycles. The van der Waals surface area contributed by atoms with Crippen LogP contribution in [0.1, 0.15) is 30.5 Å². The number of ether oxygens (including phenoxy) is 16.